The molecular weight excluding hydrogens is 339 g/mol. The largest absolute Gasteiger partial charge is 0.296 e. The Hall–Kier alpha value is -1.76. The van der Waals surface area contributed by atoms with Gasteiger partial charge in [-0.25, -0.2) is 12.8 Å². The lowest BCUT2D eigenvalue weighted by Gasteiger charge is -2.34. The highest BCUT2D eigenvalue weighted by molar-refractivity contribution is 7.89. The summed E-state index contributed by atoms with van der Waals surface area (Å²) >= 11 is 0. The molecule has 1 saturated heterocycles. The van der Waals surface area contributed by atoms with Crippen molar-refractivity contribution in [2.75, 3.05) is 26.2 Å². The molecule has 1 fully saturated rings. The third-order valence-electron chi connectivity index (χ3n) is 4.63. The van der Waals surface area contributed by atoms with Gasteiger partial charge in [-0.15, -0.1) is 0 Å². The van der Waals surface area contributed by atoms with Crippen molar-refractivity contribution in [3.05, 3.63) is 65.0 Å². The van der Waals surface area contributed by atoms with Gasteiger partial charge in [-0.2, -0.15) is 4.31 Å². The highest BCUT2D eigenvalue weighted by Gasteiger charge is 2.29. The molecule has 2 aromatic carbocycles. The van der Waals surface area contributed by atoms with Crippen LogP contribution in [0.25, 0.3) is 0 Å². The van der Waals surface area contributed by atoms with Gasteiger partial charge in [0.25, 0.3) is 0 Å². The van der Waals surface area contributed by atoms with Crippen LogP contribution in [0.2, 0.25) is 0 Å². The van der Waals surface area contributed by atoms with Crippen molar-refractivity contribution < 1.29 is 12.8 Å². The van der Waals surface area contributed by atoms with Crippen LogP contribution in [0.1, 0.15) is 16.7 Å². The van der Waals surface area contributed by atoms with E-state index < -0.39 is 10.0 Å². The molecule has 0 unspecified atom stereocenters. The molecule has 1 aliphatic rings. The quantitative estimate of drug-likeness (QED) is 0.840. The van der Waals surface area contributed by atoms with Crippen molar-refractivity contribution in [2.24, 2.45) is 0 Å². The fourth-order valence-electron chi connectivity index (χ4n) is 3.22. The zero-order valence-corrected chi connectivity index (χ0v) is 15.4. The first-order chi connectivity index (χ1) is 11.9. The van der Waals surface area contributed by atoms with E-state index in [9.17, 15) is 12.8 Å². The van der Waals surface area contributed by atoms with Crippen molar-refractivity contribution in [1.82, 2.24) is 9.21 Å². The van der Waals surface area contributed by atoms with E-state index in [0.29, 0.717) is 43.2 Å². The number of aryl methyl sites for hydroxylation is 2. The van der Waals surface area contributed by atoms with Gasteiger partial charge in [0.05, 0.1) is 4.90 Å². The maximum atomic E-state index is 13.8. The Bertz CT molecular complexity index is 859. The summed E-state index contributed by atoms with van der Waals surface area (Å²) in [5.74, 6) is -0.215. The normalized spacial score (nSPS) is 16.9. The zero-order valence-electron chi connectivity index (χ0n) is 14.6. The van der Waals surface area contributed by atoms with Gasteiger partial charge in [0.15, 0.2) is 0 Å². The number of piperazine rings is 1. The number of hydrogen-bond donors (Lipinski definition) is 0. The lowest BCUT2D eigenvalue weighted by molar-refractivity contribution is 0.180. The molecule has 0 aliphatic carbocycles. The van der Waals surface area contributed by atoms with E-state index >= 15 is 0 Å². The first kappa shape index (κ1) is 18.0. The SMILES string of the molecule is Cc1ccc(S(=O)(=O)N2CCN(Cc3ccccc3F)CC2)c(C)c1. The van der Waals surface area contributed by atoms with Gasteiger partial charge < -0.3 is 0 Å². The summed E-state index contributed by atoms with van der Waals surface area (Å²) < 4.78 is 41.1. The predicted octanol–water partition coefficient (Wildman–Crippen LogP) is 2.95. The van der Waals surface area contributed by atoms with Crippen molar-refractivity contribution >= 4 is 10.0 Å². The molecule has 25 heavy (non-hydrogen) atoms. The van der Waals surface area contributed by atoms with Crippen LogP contribution in [-0.2, 0) is 16.6 Å². The van der Waals surface area contributed by atoms with E-state index in [2.05, 4.69) is 4.90 Å². The van der Waals surface area contributed by atoms with Gasteiger partial charge in [-0.05, 0) is 31.5 Å². The van der Waals surface area contributed by atoms with Gasteiger partial charge in [0.1, 0.15) is 5.82 Å². The predicted molar refractivity (Wildman–Crippen MR) is 96.4 cm³/mol. The molecule has 2 aromatic rings. The Labute approximate surface area is 148 Å². The van der Waals surface area contributed by atoms with E-state index in [1.165, 1.54) is 10.4 Å². The van der Waals surface area contributed by atoms with Crippen LogP contribution in [0.5, 0.6) is 0 Å². The monoisotopic (exact) mass is 362 g/mol. The van der Waals surface area contributed by atoms with E-state index in [1.807, 2.05) is 32.0 Å². The molecule has 6 heteroatoms. The molecule has 0 bridgehead atoms. The van der Waals surface area contributed by atoms with Gasteiger partial charge in [-0.3, -0.25) is 4.90 Å². The molecule has 1 heterocycles. The lowest BCUT2D eigenvalue weighted by Crippen LogP contribution is -2.48. The molecule has 0 saturated carbocycles. The molecule has 0 radical (unpaired) electrons. The molecule has 0 spiro atoms. The zero-order chi connectivity index (χ0) is 18.0. The third kappa shape index (κ3) is 3.92. The minimum absolute atomic E-state index is 0.215. The Morgan fingerprint density at radius 2 is 1.68 bits per heavy atom. The topological polar surface area (TPSA) is 40.6 Å². The summed E-state index contributed by atoms with van der Waals surface area (Å²) in [6.45, 7) is 6.31. The number of sulfonamides is 1. The van der Waals surface area contributed by atoms with E-state index in [-0.39, 0.29) is 5.82 Å². The second kappa shape index (κ2) is 7.23. The van der Waals surface area contributed by atoms with Crippen LogP contribution < -0.4 is 0 Å². The molecule has 3 rings (SSSR count). The number of halogens is 1. The van der Waals surface area contributed by atoms with Crippen LogP contribution in [0.3, 0.4) is 0 Å². The van der Waals surface area contributed by atoms with Gasteiger partial charge in [-0.1, -0.05) is 35.9 Å². The standard InChI is InChI=1S/C19H23FN2O2S/c1-15-7-8-19(16(2)13-15)25(23,24)22-11-9-21(10-12-22)14-17-5-3-4-6-18(17)20/h3-8,13H,9-12,14H2,1-2H3. The van der Waals surface area contributed by atoms with E-state index in [4.69, 9.17) is 0 Å². The minimum Gasteiger partial charge on any atom is -0.296 e. The first-order valence-corrected chi connectivity index (χ1v) is 9.85. The first-order valence-electron chi connectivity index (χ1n) is 8.41. The summed E-state index contributed by atoms with van der Waals surface area (Å²) in [6.07, 6.45) is 0. The average molecular weight is 362 g/mol. The van der Waals surface area contributed by atoms with Gasteiger partial charge in [0.2, 0.25) is 10.0 Å². The Balaban J connectivity index is 1.68. The van der Waals surface area contributed by atoms with Crippen LogP contribution >= 0.6 is 0 Å². The van der Waals surface area contributed by atoms with Crippen molar-refractivity contribution in [2.45, 2.75) is 25.3 Å². The number of hydrogen-bond acceptors (Lipinski definition) is 3. The second-order valence-corrected chi connectivity index (χ2v) is 8.45. The van der Waals surface area contributed by atoms with Crippen LogP contribution in [-0.4, -0.2) is 43.8 Å². The fraction of sp³-hybridized carbons (Fsp3) is 0.368. The molecule has 0 atom stereocenters. The average Bonchev–Trinajstić information content (AvgIpc) is 2.57. The van der Waals surface area contributed by atoms with Crippen LogP contribution in [0, 0.1) is 19.7 Å². The highest BCUT2D eigenvalue weighted by Crippen LogP contribution is 2.22. The second-order valence-electron chi connectivity index (χ2n) is 6.54. The number of benzene rings is 2. The summed E-state index contributed by atoms with van der Waals surface area (Å²) in [4.78, 5) is 2.47. The molecule has 0 amide bonds. The highest BCUT2D eigenvalue weighted by atomic mass is 32.2. The maximum Gasteiger partial charge on any atom is 0.243 e. The number of nitrogens with zero attached hydrogens (tertiary/aromatic N) is 2. The molecule has 1 aliphatic heterocycles. The van der Waals surface area contributed by atoms with E-state index in [0.717, 1.165) is 11.1 Å². The summed E-state index contributed by atoms with van der Waals surface area (Å²) in [5.41, 5.74) is 2.47. The van der Waals surface area contributed by atoms with Crippen LogP contribution in [0.15, 0.2) is 47.4 Å². The van der Waals surface area contributed by atoms with Crippen molar-refractivity contribution in [3.63, 3.8) is 0 Å². The van der Waals surface area contributed by atoms with Crippen molar-refractivity contribution in [1.29, 1.82) is 0 Å². The number of rotatable bonds is 4. The molecular formula is C19H23FN2O2S. The Morgan fingerprint density at radius 3 is 2.32 bits per heavy atom. The maximum absolute atomic E-state index is 13.8. The molecule has 0 aromatic heterocycles. The molecule has 134 valence electrons. The third-order valence-corrected chi connectivity index (χ3v) is 6.69. The van der Waals surface area contributed by atoms with Crippen molar-refractivity contribution in [3.8, 4) is 0 Å². The van der Waals surface area contributed by atoms with Crippen LogP contribution in [0.4, 0.5) is 4.39 Å². The summed E-state index contributed by atoms with van der Waals surface area (Å²) in [6, 6.07) is 12.1. The van der Waals surface area contributed by atoms with Gasteiger partial charge >= 0.3 is 0 Å². The smallest absolute Gasteiger partial charge is 0.243 e. The molecule has 0 N–H and O–H groups in total. The summed E-state index contributed by atoms with van der Waals surface area (Å²) in [5, 5.41) is 0. The van der Waals surface area contributed by atoms with E-state index in [1.54, 1.807) is 18.2 Å². The Kier molecular flexibility index (Phi) is 5.22. The fourth-order valence-corrected chi connectivity index (χ4v) is 4.85. The summed E-state index contributed by atoms with van der Waals surface area (Å²) in [7, 11) is -3.48. The molecule has 4 nitrogen and oxygen atoms in total. The van der Waals surface area contributed by atoms with Gasteiger partial charge in [0, 0.05) is 38.3 Å². The Morgan fingerprint density at radius 1 is 1.00 bits per heavy atom. The lowest BCUT2D eigenvalue weighted by atomic mass is 10.2. The minimum atomic E-state index is -3.48.